The van der Waals surface area contributed by atoms with E-state index in [4.69, 9.17) is 0 Å². The molecular weight excluding hydrogens is 248 g/mol. The van der Waals surface area contributed by atoms with E-state index in [0.29, 0.717) is 5.92 Å². The van der Waals surface area contributed by atoms with Crippen LogP contribution in [0.4, 0.5) is 0 Å². The SMILES string of the molecule is C=C(C)N(C)C1=CCc2c(C3CC3)cc(=O)[nH]c2C=C1. The number of allylic oxidation sites excluding steroid dienone is 3. The minimum Gasteiger partial charge on any atom is -0.349 e. The standard InChI is InChI=1S/C17H20N2O/c1-11(2)19(3)13-6-8-14-15(12-4-5-12)10-17(20)18-16(14)9-7-13/h6-7,9-10,12H,1,4-5,8H2,2-3H3,(H,18,20). The van der Waals surface area contributed by atoms with Crippen molar-refractivity contribution in [1.82, 2.24) is 9.88 Å². The molecule has 1 aromatic rings. The van der Waals surface area contributed by atoms with Crippen molar-refractivity contribution in [1.29, 1.82) is 0 Å². The van der Waals surface area contributed by atoms with E-state index in [-0.39, 0.29) is 5.56 Å². The number of hydrogen-bond donors (Lipinski definition) is 1. The first-order valence-corrected chi connectivity index (χ1v) is 7.10. The average molecular weight is 268 g/mol. The Bertz CT molecular complexity index is 675. The highest BCUT2D eigenvalue weighted by Crippen LogP contribution is 2.42. The van der Waals surface area contributed by atoms with Gasteiger partial charge in [0.05, 0.1) is 0 Å². The van der Waals surface area contributed by atoms with Crippen LogP contribution in [0.3, 0.4) is 0 Å². The van der Waals surface area contributed by atoms with Crippen LogP contribution in [0.15, 0.2) is 41.0 Å². The van der Waals surface area contributed by atoms with Crippen molar-refractivity contribution in [2.24, 2.45) is 0 Å². The zero-order valence-electron chi connectivity index (χ0n) is 12.1. The lowest BCUT2D eigenvalue weighted by atomic mass is 10.00. The van der Waals surface area contributed by atoms with E-state index in [1.54, 1.807) is 6.07 Å². The molecule has 3 nitrogen and oxygen atoms in total. The molecule has 1 fully saturated rings. The van der Waals surface area contributed by atoms with Gasteiger partial charge in [-0.2, -0.15) is 0 Å². The molecule has 1 aromatic heterocycles. The highest BCUT2D eigenvalue weighted by Gasteiger charge is 2.27. The van der Waals surface area contributed by atoms with Crippen LogP contribution in [-0.4, -0.2) is 16.9 Å². The van der Waals surface area contributed by atoms with Gasteiger partial charge >= 0.3 is 0 Å². The Balaban J connectivity index is 2.03. The first kappa shape index (κ1) is 13.0. The number of hydrogen-bond acceptors (Lipinski definition) is 2. The molecule has 2 aliphatic rings. The van der Waals surface area contributed by atoms with Crippen LogP contribution in [-0.2, 0) is 6.42 Å². The van der Waals surface area contributed by atoms with Crippen LogP contribution in [0.25, 0.3) is 6.08 Å². The number of pyridine rings is 1. The van der Waals surface area contributed by atoms with Gasteiger partial charge in [-0.05, 0) is 55.4 Å². The molecule has 0 aliphatic heterocycles. The maximum atomic E-state index is 11.8. The third-order valence-corrected chi connectivity index (χ3v) is 4.13. The second kappa shape index (κ2) is 4.82. The van der Waals surface area contributed by atoms with Gasteiger partial charge in [-0.25, -0.2) is 0 Å². The van der Waals surface area contributed by atoms with Crippen LogP contribution in [0.1, 0.15) is 42.5 Å². The summed E-state index contributed by atoms with van der Waals surface area (Å²) in [6, 6.07) is 1.78. The molecule has 3 heteroatoms. The molecule has 20 heavy (non-hydrogen) atoms. The van der Waals surface area contributed by atoms with Crippen molar-refractivity contribution < 1.29 is 0 Å². The van der Waals surface area contributed by atoms with Gasteiger partial charge < -0.3 is 9.88 Å². The highest BCUT2D eigenvalue weighted by atomic mass is 16.1. The fourth-order valence-corrected chi connectivity index (χ4v) is 2.67. The number of likely N-dealkylation sites (N-methyl/N-ethyl adjacent to an activating group) is 1. The number of aromatic nitrogens is 1. The van der Waals surface area contributed by atoms with Gasteiger partial charge in [-0.1, -0.05) is 12.7 Å². The van der Waals surface area contributed by atoms with Gasteiger partial charge in [0, 0.05) is 30.2 Å². The van der Waals surface area contributed by atoms with E-state index in [9.17, 15) is 4.79 Å². The molecule has 0 aromatic carbocycles. The lowest BCUT2D eigenvalue weighted by Gasteiger charge is -2.19. The summed E-state index contributed by atoms with van der Waals surface area (Å²) in [5, 5.41) is 0. The Kier molecular flexibility index (Phi) is 3.13. The fraction of sp³-hybridized carbons (Fsp3) is 0.353. The molecule has 0 radical (unpaired) electrons. The topological polar surface area (TPSA) is 36.1 Å². The fourth-order valence-electron chi connectivity index (χ4n) is 2.67. The summed E-state index contributed by atoms with van der Waals surface area (Å²) in [5.74, 6) is 0.591. The number of nitrogens with zero attached hydrogens (tertiary/aromatic N) is 1. The van der Waals surface area contributed by atoms with Gasteiger partial charge in [0.15, 0.2) is 0 Å². The minimum atomic E-state index is 0.00649. The van der Waals surface area contributed by atoms with E-state index in [1.807, 2.05) is 26.1 Å². The van der Waals surface area contributed by atoms with Crippen molar-refractivity contribution >= 4 is 6.08 Å². The largest absolute Gasteiger partial charge is 0.349 e. The number of fused-ring (bicyclic) bond motifs is 1. The Hall–Kier alpha value is -2.03. The molecule has 1 saturated carbocycles. The smallest absolute Gasteiger partial charge is 0.248 e. The van der Waals surface area contributed by atoms with E-state index in [1.165, 1.54) is 24.0 Å². The van der Waals surface area contributed by atoms with Crippen molar-refractivity contribution in [3.8, 4) is 0 Å². The molecule has 0 saturated heterocycles. The van der Waals surface area contributed by atoms with Crippen LogP contribution < -0.4 is 5.56 Å². The van der Waals surface area contributed by atoms with E-state index < -0.39 is 0 Å². The van der Waals surface area contributed by atoms with Gasteiger partial charge in [-0.3, -0.25) is 4.79 Å². The number of nitrogens with one attached hydrogen (secondary N) is 1. The van der Waals surface area contributed by atoms with Crippen LogP contribution in [0.5, 0.6) is 0 Å². The summed E-state index contributed by atoms with van der Waals surface area (Å²) in [4.78, 5) is 16.8. The lowest BCUT2D eigenvalue weighted by Crippen LogP contribution is -2.13. The molecule has 0 amide bonds. The number of H-pyrrole nitrogens is 1. The van der Waals surface area contributed by atoms with Crippen molar-refractivity contribution in [3.05, 3.63) is 63.4 Å². The van der Waals surface area contributed by atoms with E-state index >= 15 is 0 Å². The van der Waals surface area contributed by atoms with Crippen molar-refractivity contribution in [2.45, 2.75) is 32.1 Å². The van der Waals surface area contributed by atoms with Crippen LogP contribution >= 0.6 is 0 Å². The molecule has 2 aliphatic carbocycles. The molecule has 0 unspecified atom stereocenters. The molecule has 3 rings (SSSR count). The Labute approximate surface area is 119 Å². The zero-order chi connectivity index (χ0) is 14.3. The quantitative estimate of drug-likeness (QED) is 0.914. The molecule has 0 spiro atoms. The van der Waals surface area contributed by atoms with E-state index in [2.05, 4.69) is 22.5 Å². The zero-order valence-corrected chi connectivity index (χ0v) is 12.1. The lowest BCUT2D eigenvalue weighted by molar-refractivity contribution is 0.539. The summed E-state index contributed by atoms with van der Waals surface area (Å²) in [6.45, 7) is 5.96. The Morgan fingerprint density at radius 1 is 1.40 bits per heavy atom. The predicted molar refractivity (Wildman–Crippen MR) is 82.4 cm³/mol. The summed E-state index contributed by atoms with van der Waals surface area (Å²) in [6.07, 6.45) is 9.55. The van der Waals surface area contributed by atoms with Gasteiger partial charge in [0.2, 0.25) is 5.56 Å². The molecular formula is C17H20N2O. The molecule has 0 atom stereocenters. The summed E-state index contributed by atoms with van der Waals surface area (Å²) in [7, 11) is 2.01. The highest BCUT2D eigenvalue weighted by molar-refractivity contribution is 5.58. The van der Waals surface area contributed by atoms with Crippen molar-refractivity contribution in [3.63, 3.8) is 0 Å². The third-order valence-electron chi connectivity index (χ3n) is 4.13. The van der Waals surface area contributed by atoms with E-state index in [0.717, 1.165) is 23.5 Å². The first-order chi connectivity index (χ1) is 9.56. The molecule has 0 bridgehead atoms. The average Bonchev–Trinajstić information content (AvgIpc) is 3.23. The van der Waals surface area contributed by atoms with Gasteiger partial charge in [0.25, 0.3) is 0 Å². The summed E-state index contributed by atoms with van der Waals surface area (Å²) >= 11 is 0. The number of aromatic amines is 1. The number of rotatable bonds is 3. The van der Waals surface area contributed by atoms with Gasteiger partial charge in [0.1, 0.15) is 0 Å². The predicted octanol–water partition coefficient (Wildman–Crippen LogP) is 3.17. The Morgan fingerprint density at radius 3 is 2.80 bits per heavy atom. The molecule has 104 valence electrons. The second-order valence-corrected chi connectivity index (χ2v) is 5.72. The monoisotopic (exact) mass is 268 g/mol. The van der Waals surface area contributed by atoms with Crippen molar-refractivity contribution in [2.75, 3.05) is 7.05 Å². The van der Waals surface area contributed by atoms with Crippen LogP contribution in [0, 0.1) is 0 Å². The molecule has 1 N–H and O–H groups in total. The van der Waals surface area contributed by atoms with Crippen LogP contribution in [0.2, 0.25) is 0 Å². The summed E-state index contributed by atoms with van der Waals surface area (Å²) < 4.78 is 0. The minimum absolute atomic E-state index is 0.00649. The van der Waals surface area contributed by atoms with Gasteiger partial charge in [-0.15, -0.1) is 0 Å². The first-order valence-electron chi connectivity index (χ1n) is 7.10. The summed E-state index contributed by atoms with van der Waals surface area (Å²) in [5.41, 5.74) is 5.60. The Morgan fingerprint density at radius 2 is 2.15 bits per heavy atom. The maximum Gasteiger partial charge on any atom is 0.248 e. The third kappa shape index (κ3) is 2.36. The maximum absolute atomic E-state index is 11.8. The molecule has 1 heterocycles. The normalized spacial score (nSPS) is 17.2. The second-order valence-electron chi connectivity index (χ2n) is 5.72.